The van der Waals surface area contributed by atoms with Crippen LogP contribution in [-0.2, 0) is 45.7 Å². The summed E-state index contributed by atoms with van der Waals surface area (Å²) in [4.78, 5) is 0. The predicted molar refractivity (Wildman–Crippen MR) is 104 cm³/mol. The summed E-state index contributed by atoms with van der Waals surface area (Å²) in [6, 6.07) is 5.19. The summed E-state index contributed by atoms with van der Waals surface area (Å²) in [6.45, 7) is 1.85. The van der Waals surface area contributed by atoms with Crippen LogP contribution in [0.25, 0.3) is 0 Å². The summed E-state index contributed by atoms with van der Waals surface area (Å²) in [6.07, 6.45) is 2.90. The van der Waals surface area contributed by atoms with Crippen LogP contribution in [0.4, 0.5) is 13.2 Å². The molecule has 1 fully saturated rings. The average Bonchev–Trinajstić information content (AvgIpc) is 3.28. The number of hydrogen-bond acceptors (Lipinski definition) is 1. The average molecular weight is 758 g/mol. The molecule has 1 aliphatic carbocycles. The van der Waals surface area contributed by atoms with Crippen molar-refractivity contribution < 1.29 is 32.5 Å². The van der Waals surface area contributed by atoms with Crippen molar-refractivity contribution in [2.45, 2.75) is 32.1 Å². The second-order valence-electron chi connectivity index (χ2n) is 5.90. The molecule has 0 unspecified atom stereocenters. The summed E-state index contributed by atoms with van der Waals surface area (Å²) in [5.41, 5.74) is 0.261. The minimum Gasteiger partial charge on any atom is -0.184 e. The molecule has 2 aromatic rings. The number of nitrogens with zero attached hydrogens (tertiary/aromatic N) is 3. The van der Waals surface area contributed by atoms with Crippen LogP contribution in [0.2, 0.25) is 0 Å². The number of benzene rings is 1. The molecule has 1 aromatic carbocycles. The molecule has 0 spiro atoms. The fraction of sp³-hybridized carbons (Fsp3) is 0.438. The molecule has 9 heteroatoms. The second-order valence-corrected chi connectivity index (χ2v) is 11.1. The number of alkyl halides is 3. The summed E-state index contributed by atoms with van der Waals surface area (Å²) in [5, 5.41) is 0. The van der Waals surface area contributed by atoms with Gasteiger partial charge in [0, 0.05) is 52.3 Å². The van der Waals surface area contributed by atoms with Crippen molar-refractivity contribution in [2.75, 3.05) is 0 Å². The number of aromatic nitrogens is 2. The van der Waals surface area contributed by atoms with E-state index in [1.807, 2.05) is 1.33 Å². The van der Waals surface area contributed by atoms with E-state index in [0.29, 0.717) is 6.54 Å². The van der Waals surface area contributed by atoms with Crippen LogP contribution in [0.5, 0.6) is 0 Å². The summed E-state index contributed by atoms with van der Waals surface area (Å²) >= 11 is 6.51. The smallest absolute Gasteiger partial charge is 0.184 e. The third-order valence-electron chi connectivity index (χ3n) is 3.69. The van der Waals surface area contributed by atoms with E-state index in [1.165, 1.54) is 35.3 Å². The topological polar surface area (TPSA) is 13.1 Å². The molecule has 142 valence electrons. The van der Waals surface area contributed by atoms with Gasteiger partial charge >= 0.3 is 83.2 Å². The Morgan fingerprint density at radius 1 is 1.16 bits per heavy atom. The fourth-order valence-corrected chi connectivity index (χ4v) is 3.48. The van der Waals surface area contributed by atoms with Gasteiger partial charge in [-0.2, -0.15) is 14.5 Å². The number of aryl methyl sites for hydroxylation is 1. The molecule has 0 atom stereocenters. The molecule has 0 amide bonds. The van der Waals surface area contributed by atoms with E-state index in [2.05, 4.69) is 93.7 Å². The Bertz CT molecular complexity index is 734. The SMILES string of the molecule is Cn1ccn(CC2CC2)[c]1=[Pt].FC(F)(F)c1ccc(CN(I)I)cc1. The Balaban J connectivity index is 0.000000185. The quantitative estimate of drug-likeness (QED) is 0.296. The molecule has 1 saturated carbocycles. The second kappa shape index (κ2) is 9.50. The van der Waals surface area contributed by atoms with Gasteiger partial charge in [0.1, 0.15) is 0 Å². The van der Waals surface area contributed by atoms with Crippen LogP contribution in [0.1, 0.15) is 24.0 Å². The van der Waals surface area contributed by atoms with E-state index in [4.69, 9.17) is 0 Å². The van der Waals surface area contributed by atoms with Gasteiger partial charge in [-0.15, -0.1) is 0 Å². The number of imidazole rings is 1. The molecule has 1 aromatic heterocycles. The molecule has 0 radical (unpaired) electrons. The largest absolute Gasteiger partial charge is 0.416 e. The van der Waals surface area contributed by atoms with E-state index < -0.39 is 11.7 Å². The van der Waals surface area contributed by atoms with Gasteiger partial charge in [-0.3, -0.25) is 0 Å². The van der Waals surface area contributed by atoms with Crippen molar-refractivity contribution >= 4 is 45.7 Å². The van der Waals surface area contributed by atoms with E-state index in [-0.39, 0.29) is 0 Å². The molecule has 0 N–H and O–H groups in total. The zero-order chi connectivity index (χ0) is 18.6. The molecule has 3 nitrogen and oxygen atoms in total. The Morgan fingerprint density at radius 2 is 1.76 bits per heavy atom. The molecule has 0 aliphatic heterocycles. The molecule has 1 heterocycles. The van der Waals surface area contributed by atoms with E-state index in [9.17, 15) is 13.2 Å². The van der Waals surface area contributed by atoms with Crippen LogP contribution in [-0.4, -0.2) is 10.5 Å². The van der Waals surface area contributed by atoms with Crippen molar-refractivity contribution in [3.8, 4) is 0 Å². The first-order valence-corrected chi connectivity index (χ1v) is 10.7. The Morgan fingerprint density at radius 3 is 2.16 bits per heavy atom. The van der Waals surface area contributed by atoms with Crippen molar-refractivity contribution in [2.24, 2.45) is 13.0 Å². The maximum Gasteiger partial charge on any atom is 0.416 e. The third kappa shape index (κ3) is 7.46. The van der Waals surface area contributed by atoms with Gasteiger partial charge in [-0.1, -0.05) is 12.1 Å². The van der Waals surface area contributed by atoms with Gasteiger partial charge in [0.25, 0.3) is 0 Å². The van der Waals surface area contributed by atoms with Gasteiger partial charge in [-0.25, -0.2) is 0 Å². The van der Waals surface area contributed by atoms with Crippen LogP contribution >= 0.6 is 45.7 Å². The number of halogens is 5. The third-order valence-corrected chi connectivity index (χ3v) is 5.83. The zero-order valence-electron chi connectivity index (χ0n) is 13.4. The Hall–Kier alpha value is 0.328. The van der Waals surface area contributed by atoms with Gasteiger partial charge in [0.15, 0.2) is 0 Å². The fourth-order valence-electron chi connectivity index (χ4n) is 2.14. The number of rotatable bonds is 4. The monoisotopic (exact) mass is 758 g/mol. The normalized spacial score (nSPS) is 14.4. The van der Waals surface area contributed by atoms with Crippen molar-refractivity contribution in [3.63, 3.8) is 0 Å². The van der Waals surface area contributed by atoms with Crippen molar-refractivity contribution in [3.05, 3.63) is 51.6 Å². The van der Waals surface area contributed by atoms with E-state index in [1.54, 1.807) is 0 Å². The molecule has 3 rings (SSSR count). The number of hydrogen-bond donors (Lipinski definition) is 0. The molecule has 1 aliphatic rings. The standard InChI is InChI=1S/C8H6F3I2N.C8H12N2.Pt/c9-8(10,11)7-3-1-6(2-4-7)5-14(12)13;1-9-4-5-10(7-9)6-8-2-3-8;/h1-4H,5H2;4-5,8H,2-3,6H2,1H3;. The maximum absolute atomic E-state index is 12.2. The van der Waals surface area contributed by atoms with Crippen LogP contribution in [0.3, 0.4) is 0 Å². The first-order chi connectivity index (χ1) is 11.7. The van der Waals surface area contributed by atoms with Gasteiger partial charge < -0.3 is 0 Å². The van der Waals surface area contributed by atoms with Crippen molar-refractivity contribution in [1.29, 1.82) is 0 Å². The Labute approximate surface area is 184 Å². The van der Waals surface area contributed by atoms with Gasteiger partial charge in [0.05, 0.1) is 5.56 Å². The van der Waals surface area contributed by atoms with Crippen LogP contribution in [0.15, 0.2) is 36.7 Å². The minimum atomic E-state index is -4.24. The summed E-state index contributed by atoms with van der Waals surface area (Å²) < 4.78 is 44.2. The predicted octanol–water partition coefficient (Wildman–Crippen LogP) is 5.52. The maximum atomic E-state index is 12.2. The first kappa shape index (κ1) is 21.6. The zero-order valence-corrected chi connectivity index (χ0v) is 20.0. The summed E-state index contributed by atoms with van der Waals surface area (Å²) in [7, 11) is 2.09. The van der Waals surface area contributed by atoms with E-state index >= 15 is 0 Å². The molecular weight excluding hydrogens is 740 g/mol. The van der Waals surface area contributed by atoms with Crippen LogP contribution in [0, 0.1) is 9.72 Å². The molecule has 0 saturated heterocycles. The molecular formula is C16H18F3I2N3Pt. The minimum absolute atomic E-state index is 0.602. The van der Waals surface area contributed by atoms with Gasteiger partial charge in [0.2, 0.25) is 0 Å². The van der Waals surface area contributed by atoms with Crippen molar-refractivity contribution in [1.82, 2.24) is 10.5 Å². The Kier molecular flexibility index (Phi) is 8.22. The first-order valence-electron chi connectivity index (χ1n) is 7.59. The summed E-state index contributed by atoms with van der Waals surface area (Å²) in [5.74, 6) is 0.969. The van der Waals surface area contributed by atoms with E-state index in [0.717, 1.165) is 23.6 Å². The van der Waals surface area contributed by atoms with Crippen LogP contribution < -0.4 is 0 Å². The molecule has 0 bridgehead atoms. The molecule has 25 heavy (non-hydrogen) atoms. The van der Waals surface area contributed by atoms with Gasteiger partial charge in [-0.05, 0) is 17.7 Å².